The van der Waals surface area contributed by atoms with E-state index in [-0.39, 0.29) is 24.1 Å². The number of aromatic amines is 1. The molecular formula is C20H18FN3O4. The molecule has 1 atom stereocenters. The molecule has 1 amide bonds. The maximum absolute atomic E-state index is 13.6. The summed E-state index contributed by atoms with van der Waals surface area (Å²) in [4.78, 5) is 43.0. The van der Waals surface area contributed by atoms with Gasteiger partial charge in [-0.3, -0.25) is 14.4 Å². The quantitative estimate of drug-likeness (QED) is 0.637. The van der Waals surface area contributed by atoms with Gasteiger partial charge < -0.3 is 15.0 Å². The Morgan fingerprint density at radius 2 is 1.89 bits per heavy atom. The number of anilines is 1. The van der Waals surface area contributed by atoms with Crippen LogP contribution >= 0.6 is 0 Å². The van der Waals surface area contributed by atoms with Crippen molar-refractivity contribution in [2.45, 2.75) is 25.9 Å². The molecule has 1 heterocycles. The lowest BCUT2D eigenvalue weighted by Gasteiger charge is -2.13. The van der Waals surface area contributed by atoms with Crippen LogP contribution in [0.2, 0.25) is 0 Å². The van der Waals surface area contributed by atoms with Crippen LogP contribution in [0.1, 0.15) is 19.2 Å². The monoisotopic (exact) mass is 383 g/mol. The lowest BCUT2D eigenvalue weighted by Crippen LogP contribution is -2.30. The average Bonchev–Trinajstić information content (AvgIpc) is 2.68. The highest BCUT2D eigenvalue weighted by Gasteiger charge is 2.19. The first-order valence-corrected chi connectivity index (χ1v) is 8.67. The van der Waals surface area contributed by atoms with Crippen molar-refractivity contribution in [1.82, 2.24) is 9.97 Å². The Morgan fingerprint density at radius 3 is 2.68 bits per heavy atom. The van der Waals surface area contributed by atoms with Gasteiger partial charge in [0.15, 0.2) is 6.10 Å². The Hall–Kier alpha value is -3.55. The number of para-hydroxylation sites is 2. The van der Waals surface area contributed by atoms with Crippen molar-refractivity contribution in [3.63, 3.8) is 0 Å². The molecule has 3 aromatic rings. The Labute approximate surface area is 159 Å². The van der Waals surface area contributed by atoms with Crippen LogP contribution in [0, 0.1) is 5.82 Å². The highest BCUT2D eigenvalue weighted by molar-refractivity contribution is 5.95. The highest BCUT2D eigenvalue weighted by atomic mass is 19.1. The number of hydrogen-bond acceptors (Lipinski definition) is 5. The van der Waals surface area contributed by atoms with Crippen LogP contribution in [0.3, 0.4) is 0 Å². The molecule has 0 saturated heterocycles. The fourth-order valence-electron chi connectivity index (χ4n) is 2.58. The van der Waals surface area contributed by atoms with Gasteiger partial charge in [0.25, 0.3) is 11.5 Å². The van der Waals surface area contributed by atoms with Gasteiger partial charge in [-0.1, -0.05) is 24.3 Å². The first-order valence-electron chi connectivity index (χ1n) is 8.67. The number of aryl methyl sites for hydroxylation is 1. The minimum Gasteiger partial charge on any atom is -0.453 e. The number of nitrogens with one attached hydrogen (secondary N) is 2. The molecule has 0 bridgehead atoms. The number of rotatable bonds is 6. The maximum atomic E-state index is 13.6. The van der Waals surface area contributed by atoms with Crippen molar-refractivity contribution < 1.29 is 18.7 Å². The third kappa shape index (κ3) is 4.59. The van der Waals surface area contributed by atoms with Gasteiger partial charge >= 0.3 is 5.97 Å². The number of amides is 1. The molecule has 2 aromatic carbocycles. The normalized spacial score (nSPS) is 11.8. The number of esters is 1. The predicted molar refractivity (Wildman–Crippen MR) is 101 cm³/mol. The number of H-pyrrole nitrogens is 1. The van der Waals surface area contributed by atoms with Crippen molar-refractivity contribution in [2.24, 2.45) is 0 Å². The van der Waals surface area contributed by atoms with Crippen LogP contribution in [0.15, 0.2) is 53.3 Å². The summed E-state index contributed by atoms with van der Waals surface area (Å²) in [6.07, 6.45) is -1.02. The number of carbonyl (C=O) groups is 2. The van der Waals surface area contributed by atoms with Crippen LogP contribution < -0.4 is 10.9 Å². The zero-order valence-corrected chi connectivity index (χ0v) is 15.1. The first-order chi connectivity index (χ1) is 13.4. The first kappa shape index (κ1) is 19.2. The Kier molecular flexibility index (Phi) is 5.78. The summed E-state index contributed by atoms with van der Waals surface area (Å²) in [6, 6.07) is 12.6. The number of aromatic nitrogens is 2. The molecule has 3 rings (SSSR count). The summed E-state index contributed by atoms with van der Waals surface area (Å²) in [5, 5.41) is 2.83. The van der Waals surface area contributed by atoms with Crippen molar-refractivity contribution in [3.05, 3.63) is 70.5 Å². The Morgan fingerprint density at radius 1 is 1.18 bits per heavy atom. The number of benzene rings is 2. The lowest BCUT2D eigenvalue weighted by atomic mass is 10.2. The van der Waals surface area contributed by atoms with Crippen LogP contribution in [0.25, 0.3) is 10.9 Å². The highest BCUT2D eigenvalue weighted by Crippen LogP contribution is 2.13. The minimum absolute atomic E-state index is 0.00772. The van der Waals surface area contributed by atoms with E-state index < -0.39 is 23.8 Å². The summed E-state index contributed by atoms with van der Waals surface area (Å²) in [7, 11) is 0. The molecule has 144 valence electrons. The molecule has 0 aliphatic heterocycles. The number of ether oxygens (including phenoxy) is 1. The molecule has 1 aromatic heterocycles. The van der Waals surface area contributed by atoms with Crippen LogP contribution in [-0.4, -0.2) is 27.9 Å². The maximum Gasteiger partial charge on any atom is 0.307 e. The van der Waals surface area contributed by atoms with Gasteiger partial charge in [-0.05, 0) is 31.2 Å². The zero-order valence-electron chi connectivity index (χ0n) is 15.1. The zero-order chi connectivity index (χ0) is 20.1. The molecule has 0 aliphatic rings. The van der Waals surface area contributed by atoms with E-state index in [0.717, 1.165) is 0 Å². The van der Waals surface area contributed by atoms with Gasteiger partial charge in [0.1, 0.15) is 11.6 Å². The summed E-state index contributed by atoms with van der Waals surface area (Å²) in [5.41, 5.74) is 0.257. The van der Waals surface area contributed by atoms with Crippen molar-refractivity contribution in [2.75, 3.05) is 5.32 Å². The van der Waals surface area contributed by atoms with E-state index in [2.05, 4.69) is 15.3 Å². The van der Waals surface area contributed by atoms with E-state index in [1.54, 1.807) is 30.3 Å². The molecule has 0 spiro atoms. The molecule has 2 N–H and O–H groups in total. The summed E-state index contributed by atoms with van der Waals surface area (Å²) in [5.74, 6) is -1.51. The third-order valence-electron chi connectivity index (χ3n) is 4.04. The number of nitrogens with zero attached hydrogens (tertiary/aromatic N) is 1. The molecule has 8 heteroatoms. The molecule has 28 heavy (non-hydrogen) atoms. The van der Waals surface area contributed by atoms with E-state index in [9.17, 15) is 18.8 Å². The van der Waals surface area contributed by atoms with Gasteiger partial charge in [0, 0.05) is 6.42 Å². The van der Waals surface area contributed by atoms with Gasteiger partial charge in [-0.15, -0.1) is 0 Å². The second kappa shape index (κ2) is 8.43. The summed E-state index contributed by atoms with van der Waals surface area (Å²) < 4.78 is 18.6. The van der Waals surface area contributed by atoms with E-state index >= 15 is 0 Å². The van der Waals surface area contributed by atoms with Gasteiger partial charge in [-0.2, -0.15) is 0 Å². The molecule has 0 saturated carbocycles. The van der Waals surface area contributed by atoms with Crippen LogP contribution in [0.4, 0.5) is 10.1 Å². The van der Waals surface area contributed by atoms with E-state index in [4.69, 9.17) is 4.74 Å². The number of halogens is 1. The molecule has 0 unspecified atom stereocenters. The Bertz CT molecular complexity index is 1080. The summed E-state index contributed by atoms with van der Waals surface area (Å²) >= 11 is 0. The van der Waals surface area contributed by atoms with Gasteiger partial charge in [0.2, 0.25) is 0 Å². The van der Waals surface area contributed by atoms with Crippen molar-refractivity contribution in [1.29, 1.82) is 0 Å². The molecular weight excluding hydrogens is 365 g/mol. The van der Waals surface area contributed by atoms with Crippen molar-refractivity contribution in [3.8, 4) is 0 Å². The molecule has 7 nitrogen and oxygen atoms in total. The number of carbonyl (C=O) groups excluding carboxylic acids is 2. The van der Waals surface area contributed by atoms with E-state index in [1.807, 2.05) is 0 Å². The van der Waals surface area contributed by atoms with Crippen molar-refractivity contribution >= 4 is 28.5 Å². The van der Waals surface area contributed by atoms with Gasteiger partial charge in [-0.25, -0.2) is 9.37 Å². The standard InChI is InChI=1S/C20H18FN3O4/c1-12(19(26)23-16-9-5-3-7-14(16)21)28-18(25)11-10-17-22-15-8-4-2-6-13(15)20(27)24-17/h2-9,12H,10-11H2,1H3,(H,23,26)(H,22,24,27)/t12-/m1/s1. The van der Waals surface area contributed by atoms with E-state index in [1.165, 1.54) is 25.1 Å². The Balaban J connectivity index is 1.56. The minimum atomic E-state index is -1.10. The molecule has 0 fully saturated rings. The number of fused-ring (bicyclic) bond motifs is 1. The SMILES string of the molecule is C[C@@H](OC(=O)CCc1nc2ccccc2c(=O)[nH]1)C(=O)Nc1ccccc1F. The predicted octanol–water partition coefficient (Wildman–Crippen LogP) is 2.57. The second-order valence-corrected chi connectivity index (χ2v) is 6.13. The summed E-state index contributed by atoms with van der Waals surface area (Å²) in [6.45, 7) is 1.39. The smallest absolute Gasteiger partial charge is 0.307 e. The third-order valence-corrected chi connectivity index (χ3v) is 4.04. The van der Waals surface area contributed by atoms with Gasteiger partial charge in [0.05, 0.1) is 23.0 Å². The lowest BCUT2D eigenvalue weighted by molar-refractivity contribution is -0.153. The topological polar surface area (TPSA) is 101 Å². The number of hydrogen-bond donors (Lipinski definition) is 2. The molecule has 0 radical (unpaired) electrons. The van der Waals surface area contributed by atoms with Crippen LogP contribution in [0.5, 0.6) is 0 Å². The molecule has 0 aliphatic carbocycles. The second-order valence-electron chi connectivity index (χ2n) is 6.13. The fraction of sp³-hybridized carbons (Fsp3) is 0.200. The van der Waals surface area contributed by atoms with Crippen LogP contribution in [-0.2, 0) is 20.7 Å². The average molecular weight is 383 g/mol. The fourth-order valence-corrected chi connectivity index (χ4v) is 2.58. The van der Waals surface area contributed by atoms with E-state index in [0.29, 0.717) is 16.7 Å². The largest absolute Gasteiger partial charge is 0.453 e.